The summed E-state index contributed by atoms with van der Waals surface area (Å²) in [4.78, 5) is 12.2. The molecule has 1 amide bonds. The predicted molar refractivity (Wildman–Crippen MR) is 68.1 cm³/mol. The zero-order valence-electron chi connectivity index (χ0n) is 10.5. The number of β-amino-alcohol motifs (C(OH)–C–C–N with tert-alkyl or cyclic N) is 1. The van der Waals surface area contributed by atoms with Crippen molar-refractivity contribution in [3.8, 4) is 5.75 Å². The molecule has 0 bridgehead atoms. The largest absolute Gasteiger partial charge is 0.490 e. The Labute approximate surface area is 111 Å². The Hall–Kier alpha value is -1.75. The Bertz CT molecular complexity index is 478. The number of carbonyl (C=O) groups is 1. The van der Waals surface area contributed by atoms with E-state index in [1.54, 1.807) is 0 Å². The molecule has 2 fully saturated rings. The third-order valence-electron chi connectivity index (χ3n) is 4.11. The highest BCUT2D eigenvalue weighted by atomic mass is 16.5. The van der Waals surface area contributed by atoms with Crippen LogP contribution in [0.4, 0.5) is 4.79 Å². The van der Waals surface area contributed by atoms with Gasteiger partial charge in [-0.15, -0.1) is 0 Å². The van der Waals surface area contributed by atoms with Gasteiger partial charge < -0.3 is 19.8 Å². The lowest BCUT2D eigenvalue weighted by Crippen LogP contribution is -2.37. The van der Waals surface area contributed by atoms with Crippen LogP contribution < -0.4 is 4.74 Å². The number of rotatable bonds is 2. The molecule has 0 radical (unpaired) electrons. The molecular weight excluding hydrogens is 246 g/mol. The molecule has 0 unspecified atom stereocenters. The zero-order valence-corrected chi connectivity index (χ0v) is 10.5. The summed E-state index contributed by atoms with van der Waals surface area (Å²) in [5.41, 5.74) is -0.919. The maximum Gasteiger partial charge on any atom is 0.407 e. The van der Waals surface area contributed by atoms with Crippen molar-refractivity contribution in [2.75, 3.05) is 13.1 Å². The number of fused-ring (bicyclic) bond motifs is 1. The minimum Gasteiger partial charge on any atom is -0.490 e. The van der Waals surface area contributed by atoms with Crippen molar-refractivity contribution in [3.05, 3.63) is 30.3 Å². The molecule has 5 heteroatoms. The highest BCUT2D eigenvalue weighted by Gasteiger charge is 2.53. The van der Waals surface area contributed by atoms with Crippen LogP contribution in [0.1, 0.15) is 12.8 Å². The van der Waals surface area contributed by atoms with Gasteiger partial charge in [0.2, 0.25) is 0 Å². The van der Waals surface area contributed by atoms with E-state index in [4.69, 9.17) is 9.84 Å². The van der Waals surface area contributed by atoms with Crippen molar-refractivity contribution in [2.24, 2.45) is 5.92 Å². The molecule has 1 aliphatic carbocycles. The quantitative estimate of drug-likeness (QED) is 0.849. The van der Waals surface area contributed by atoms with Crippen LogP contribution in [-0.4, -0.2) is 46.0 Å². The molecule has 0 aromatic heterocycles. The number of carboxylic acid groups (broad SMARTS) is 1. The summed E-state index contributed by atoms with van der Waals surface area (Å²) in [5, 5.41) is 19.5. The fraction of sp³-hybridized carbons (Fsp3) is 0.500. The van der Waals surface area contributed by atoms with Crippen molar-refractivity contribution in [2.45, 2.75) is 24.5 Å². The lowest BCUT2D eigenvalue weighted by Gasteiger charge is -2.22. The average Bonchev–Trinajstić information content (AvgIpc) is 2.82. The SMILES string of the molecule is O=C(O)N1C[C@H]2C[C@H](Oc3ccccc3)C[C@@]2(O)C1. The molecular formula is C14H17NO4. The van der Waals surface area contributed by atoms with E-state index < -0.39 is 11.7 Å². The molecule has 1 heterocycles. The van der Waals surface area contributed by atoms with Gasteiger partial charge in [-0.1, -0.05) is 18.2 Å². The lowest BCUT2D eigenvalue weighted by atomic mass is 9.95. The minimum atomic E-state index is -0.955. The van der Waals surface area contributed by atoms with E-state index in [1.165, 1.54) is 4.90 Å². The maximum atomic E-state index is 10.9. The van der Waals surface area contributed by atoms with E-state index in [2.05, 4.69) is 0 Å². The van der Waals surface area contributed by atoms with E-state index in [0.717, 1.165) is 5.75 Å². The Morgan fingerprint density at radius 2 is 2.11 bits per heavy atom. The molecule has 1 aliphatic heterocycles. The summed E-state index contributed by atoms with van der Waals surface area (Å²) in [5.74, 6) is 0.781. The first-order valence-corrected chi connectivity index (χ1v) is 6.49. The van der Waals surface area contributed by atoms with Crippen molar-refractivity contribution in [1.82, 2.24) is 4.90 Å². The van der Waals surface area contributed by atoms with Gasteiger partial charge in [-0.25, -0.2) is 4.79 Å². The molecule has 1 saturated heterocycles. The molecule has 5 nitrogen and oxygen atoms in total. The first-order chi connectivity index (χ1) is 9.07. The maximum absolute atomic E-state index is 10.9. The van der Waals surface area contributed by atoms with E-state index in [0.29, 0.717) is 19.4 Å². The molecule has 1 aromatic rings. The van der Waals surface area contributed by atoms with Crippen LogP contribution in [0.2, 0.25) is 0 Å². The van der Waals surface area contributed by atoms with Crippen LogP contribution in [0, 0.1) is 5.92 Å². The Balaban J connectivity index is 1.65. The van der Waals surface area contributed by atoms with Crippen molar-refractivity contribution in [3.63, 3.8) is 0 Å². The second kappa shape index (κ2) is 4.42. The first-order valence-electron chi connectivity index (χ1n) is 6.49. The topological polar surface area (TPSA) is 70.0 Å². The molecule has 1 saturated carbocycles. The average molecular weight is 263 g/mol. The Morgan fingerprint density at radius 1 is 1.37 bits per heavy atom. The number of benzene rings is 1. The molecule has 102 valence electrons. The fourth-order valence-electron chi connectivity index (χ4n) is 3.21. The Morgan fingerprint density at radius 3 is 2.74 bits per heavy atom. The summed E-state index contributed by atoms with van der Waals surface area (Å²) in [6.07, 6.45) is 0.211. The summed E-state index contributed by atoms with van der Waals surface area (Å²) >= 11 is 0. The predicted octanol–water partition coefficient (Wildman–Crippen LogP) is 1.57. The molecule has 2 aliphatic rings. The number of aliphatic hydroxyl groups is 1. The van der Waals surface area contributed by atoms with Gasteiger partial charge in [-0.3, -0.25) is 0 Å². The number of ether oxygens (including phenoxy) is 1. The Kier molecular flexibility index (Phi) is 2.86. The summed E-state index contributed by atoms with van der Waals surface area (Å²) in [6.45, 7) is 0.599. The third-order valence-corrected chi connectivity index (χ3v) is 4.11. The summed E-state index contributed by atoms with van der Waals surface area (Å²) in [7, 11) is 0. The number of nitrogens with zero attached hydrogens (tertiary/aromatic N) is 1. The van der Waals surface area contributed by atoms with Gasteiger partial charge in [0.25, 0.3) is 0 Å². The minimum absolute atomic E-state index is 0.0164. The summed E-state index contributed by atoms with van der Waals surface area (Å²) < 4.78 is 5.85. The van der Waals surface area contributed by atoms with Gasteiger partial charge in [0.05, 0.1) is 12.1 Å². The van der Waals surface area contributed by atoms with Crippen LogP contribution in [0.15, 0.2) is 30.3 Å². The van der Waals surface area contributed by atoms with Gasteiger partial charge in [-0.05, 0) is 18.6 Å². The monoisotopic (exact) mass is 263 g/mol. The van der Waals surface area contributed by atoms with Crippen LogP contribution in [0.3, 0.4) is 0 Å². The lowest BCUT2D eigenvalue weighted by molar-refractivity contribution is 0.0223. The van der Waals surface area contributed by atoms with Crippen LogP contribution in [0.5, 0.6) is 5.75 Å². The van der Waals surface area contributed by atoms with Crippen LogP contribution in [-0.2, 0) is 0 Å². The summed E-state index contributed by atoms with van der Waals surface area (Å²) in [6, 6.07) is 9.52. The van der Waals surface area contributed by atoms with Gasteiger partial charge >= 0.3 is 6.09 Å². The fourth-order valence-corrected chi connectivity index (χ4v) is 3.21. The van der Waals surface area contributed by atoms with Gasteiger partial charge in [-0.2, -0.15) is 0 Å². The molecule has 19 heavy (non-hydrogen) atoms. The van der Waals surface area contributed by atoms with Crippen molar-refractivity contribution < 1.29 is 19.7 Å². The van der Waals surface area contributed by atoms with E-state index in [9.17, 15) is 9.90 Å². The van der Waals surface area contributed by atoms with Crippen molar-refractivity contribution in [1.29, 1.82) is 0 Å². The smallest absolute Gasteiger partial charge is 0.407 e. The van der Waals surface area contributed by atoms with Crippen LogP contribution >= 0.6 is 0 Å². The number of hydrogen-bond acceptors (Lipinski definition) is 3. The van der Waals surface area contributed by atoms with Crippen molar-refractivity contribution >= 4 is 6.09 Å². The number of para-hydroxylation sites is 1. The molecule has 3 rings (SSSR count). The standard InChI is InChI=1S/C14H17NO4/c16-13(17)15-8-10-6-12(7-14(10,18)9-15)19-11-4-2-1-3-5-11/h1-5,10,12,18H,6-9H2,(H,16,17)/t10-,12+,14-/m1/s1. The van der Waals surface area contributed by atoms with Gasteiger partial charge in [0.15, 0.2) is 0 Å². The van der Waals surface area contributed by atoms with E-state index in [1.807, 2.05) is 30.3 Å². The van der Waals surface area contributed by atoms with E-state index >= 15 is 0 Å². The number of likely N-dealkylation sites (tertiary alicyclic amines) is 1. The second-order valence-corrected chi connectivity index (χ2v) is 5.46. The first kappa shape index (κ1) is 12.3. The van der Waals surface area contributed by atoms with E-state index in [-0.39, 0.29) is 18.6 Å². The van der Waals surface area contributed by atoms with Gasteiger partial charge in [0, 0.05) is 18.9 Å². The highest BCUT2D eigenvalue weighted by Crippen LogP contribution is 2.43. The molecule has 1 aromatic carbocycles. The second-order valence-electron chi connectivity index (χ2n) is 5.46. The van der Waals surface area contributed by atoms with Gasteiger partial charge in [0.1, 0.15) is 11.9 Å². The molecule has 2 N–H and O–H groups in total. The third kappa shape index (κ3) is 2.26. The van der Waals surface area contributed by atoms with Crippen LogP contribution in [0.25, 0.3) is 0 Å². The molecule has 3 atom stereocenters. The highest BCUT2D eigenvalue weighted by molar-refractivity contribution is 5.65. The number of hydrogen-bond donors (Lipinski definition) is 2. The normalized spacial score (nSPS) is 33.2. The molecule has 0 spiro atoms. The zero-order chi connectivity index (χ0) is 13.5. The number of amides is 1.